The highest BCUT2D eigenvalue weighted by atomic mass is 35.5. The van der Waals surface area contributed by atoms with E-state index in [1.165, 1.54) is 28.2 Å². The number of hydrogen-bond donors (Lipinski definition) is 1. The van der Waals surface area contributed by atoms with Crippen molar-refractivity contribution in [2.75, 3.05) is 6.54 Å². The first kappa shape index (κ1) is 15.5. The van der Waals surface area contributed by atoms with Crippen LogP contribution in [0, 0.1) is 0 Å². The zero-order chi connectivity index (χ0) is 15.4. The molecule has 0 bridgehead atoms. The minimum absolute atomic E-state index is 0.109. The second-order valence-electron chi connectivity index (χ2n) is 4.35. The number of aromatic amines is 1. The molecule has 21 heavy (non-hydrogen) atoms. The number of rotatable bonds is 5. The molecule has 0 radical (unpaired) electrons. The van der Waals surface area contributed by atoms with Crippen molar-refractivity contribution in [1.29, 1.82) is 0 Å². The number of aromatic nitrogens is 2. The summed E-state index contributed by atoms with van der Waals surface area (Å²) in [6.07, 6.45) is 1.31. The van der Waals surface area contributed by atoms with Gasteiger partial charge in [0.05, 0.1) is 10.9 Å². The van der Waals surface area contributed by atoms with Gasteiger partial charge in [-0.15, -0.1) is 11.3 Å². The molecular formula is C13H14ClN3O3S. The number of amides is 1. The highest BCUT2D eigenvalue weighted by Crippen LogP contribution is 2.22. The Balaban J connectivity index is 2.09. The molecule has 0 fully saturated rings. The van der Waals surface area contributed by atoms with Gasteiger partial charge in [0, 0.05) is 23.7 Å². The van der Waals surface area contributed by atoms with Gasteiger partial charge in [-0.3, -0.25) is 19.1 Å². The van der Waals surface area contributed by atoms with Crippen LogP contribution < -0.4 is 11.2 Å². The van der Waals surface area contributed by atoms with Gasteiger partial charge in [-0.05, 0) is 19.1 Å². The molecule has 2 aromatic rings. The number of thiophene rings is 1. The molecule has 2 rings (SSSR count). The summed E-state index contributed by atoms with van der Waals surface area (Å²) >= 11 is 7.28. The third kappa shape index (κ3) is 4.05. The summed E-state index contributed by atoms with van der Waals surface area (Å²) in [5.41, 5.74) is -1.07. The summed E-state index contributed by atoms with van der Waals surface area (Å²) in [5, 5.41) is 0. The van der Waals surface area contributed by atoms with Crippen molar-refractivity contribution in [3.05, 3.63) is 54.4 Å². The summed E-state index contributed by atoms with van der Waals surface area (Å²) in [4.78, 5) is 39.5. The van der Waals surface area contributed by atoms with Crippen LogP contribution in [0.25, 0.3) is 0 Å². The third-order valence-corrected chi connectivity index (χ3v) is 4.13. The maximum Gasteiger partial charge on any atom is 0.328 e. The Morgan fingerprint density at radius 3 is 2.71 bits per heavy atom. The van der Waals surface area contributed by atoms with Crippen molar-refractivity contribution < 1.29 is 4.79 Å². The Morgan fingerprint density at radius 2 is 2.14 bits per heavy atom. The Kier molecular flexibility index (Phi) is 4.98. The fraction of sp³-hybridized carbons (Fsp3) is 0.308. The van der Waals surface area contributed by atoms with E-state index in [9.17, 15) is 14.4 Å². The number of nitrogens with zero attached hydrogens (tertiary/aromatic N) is 2. The summed E-state index contributed by atoms with van der Waals surface area (Å²) in [6, 6.07) is 4.87. The molecule has 0 spiro atoms. The van der Waals surface area contributed by atoms with E-state index in [-0.39, 0.29) is 12.5 Å². The number of carbonyl (C=O) groups is 1. The first-order valence-corrected chi connectivity index (χ1v) is 7.51. The van der Waals surface area contributed by atoms with Crippen LogP contribution in [-0.4, -0.2) is 26.9 Å². The topological polar surface area (TPSA) is 75.2 Å². The van der Waals surface area contributed by atoms with E-state index in [1.807, 2.05) is 13.0 Å². The van der Waals surface area contributed by atoms with E-state index in [4.69, 9.17) is 11.6 Å². The Bertz CT molecular complexity index is 749. The molecular weight excluding hydrogens is 314 g/mol. The van der Waals surface area contributed by atoms with Crippen molar-refractivity contribution in [2.24, 2.45) is 0 Å². The molecule has 1 amide bonds. The minimum atomic E-state index is -0.592. The highest BCUT2D eigenvalue weighted by molar-refractivity contribution is 7.16. The van der Waals surface area contributed by atoms with Gasteiger partial charge in [0.1, 0.15) is 6.54 Å². The predicted octanol–water partition coefficient (Wildman–Crippen LogP) is 1.30. The smallest absolute Gasteiger partial charge is 0.328 e. The first-order chi connectivity index (χ1) is 9.99. The van der Waals surface area contributed by atoms with Crippen LogP contribution >= 0.6 is 22.9 Å². The van der Waals surface area contributed by atoms with E-state index < -0.39 is 11.2 Å². The number of hydrogen-bond acceptors (Lipinski definition) is 4. The zero-order valence-corrected chi connectivity index (χ0v) is 12.9. The predicted molar refractivity (Wildman–Crippen MR) is 81.7 cm³/mol. The van der Waals surface area contributed by atoms with Crippen molar-refractivity contribution in [3.63, 3.8) is 0 Å². The third-order valence-electron chi connectivity index (χ3n) is 2.91. The standard InChI is InChI=1S/C13H14ClN3O3S/c1-2-16(7-9-3-4-10(14)21-9)12(19)8-17-6-5-11(18)15-13(17)20/h3-6H,2,7-8H2,1H3,(H,15,18,20). The van der Waals surface area contributed by atoms with Crippen molar-refractivity contribution in [2.45, 2.75) is 20.0 Å². The molecule has 0 atom stereocenters. The van der Waals surface area contributed by atoms with Crippen LogP contribution in [0.2, 0.25) is 4.34 Å². The maximum atomic E-state index is 12.2. The van der Waals surface area contributed by atoms with E-state index in [0.29, 0.717) is 17.4 Å². The summed E-state index contributed by atoms with van der Waals surface area (Å²) in [5.74, 6) is -0.198. The largest absolute Gasteiger partial charge is 0.336 e. The monoisotopic (exact) mass is 327 g/mol. The van der Waals surface area contributed by atoms with Crippen molar-refractivity contribution in [3.8, 4) is 0 Å². The summed E-state index contributed by atoms with van der Waals surface area (Å²) in [7, 11) is 0. The lowest BCUT2D eigenvalue weighted by Gasteiger charge is -2.20. The van der Waals surface area contributed by atoms with Gasteiger partial charge in [0.2, 0.25) is 5.91 Å². The van der Waals surface area contributed by atoms with Crippen molar-refractivity contribution in [1.82, 2.24) is 14.5 Å². The van der Waals surface area contributed by atoms with Crippen molar-refractivity contribution >= 4 is 28.8 Å². The normalized spacial score (nSPS) is 10.6. The van der Waals surface area contributed by atoms with Crippen LogP contribution in [-0.2, 0) is 17.9 Å². The highest BCUT2D eigenvalue weighted by Gasteiger charge is 2.14. The molecule has 0 unspecified atom stereocenters. The Hall–Kier alpha value is -1.86. The van der Waals surface area contributed by atoms with E-state index in [0.717, 1.165) is 4.88 Å². The van der Waals surface area contributed by atoms with Gasteiger partial charge < -0.3 is 4.90 Å². The molecule has 0 aliphatic carbocycles. The Morgan fingerprint density at radius 1 is 1.38 bits per heavy atom. The molecule has 1 N–H and O–H groups in total. The van der Waals surface area contributed by atoms with Crippen LogP contribution in [0.5, 0.6) is 0 Å². The van der Waals surface area contributed by atoms with Gasteiger partial charge in [0.25, 0.3) is 5.56 Å². The second-order valence-corrected chi connectivity index (χ2v) is 6.15. The lowest BCUT2D eigenvalue weighted by atomic mass is 10.4. The molecule has 0 aliphatic rings. The Labute approximate surface area is 129 Å². The fourth-order valence-electron chi connectivity index (χ4n) is 1.82. The van der Waals surface area contributed by atoms with Crippen LogP contribution in [0.1, 0.15) is 11.8 Å². The molecule has 8 heteroatoms. The number of carbonyl (C=O) groups excluding carboxylic acids is 1. The van der Waals surface area contributed by atoms with Crippen LogP contribution in [0.4, 0.5) is 0 Å². The molecule has 0 saturated carbocycles. The quantitative estimate of drug-likeness (QED) is 0.899. The average molecular weight is 328 g/mol. The lowest BCUT2D eigenvalue weighted by molar-refractivity contribution is -0.132. The van der Waals surface area contributed by atoms with Gasteiger partial charge in [-0.25, -0.2) is 4.79 Å². The fourth-order valence-corrected chi connectivity index (χ4v) is 2.92. The van der Waals surface area contributed by atoms with Gasteiger partial charge in [-0.1, -0.05) is 11.6 Å². The number of H-pyrrole nitrogens is 1. The van der Waals surface area contributed by atoms with E-state index in [2.05, 4.69) is 4.98 Å². The van der Waals surface area contributed by atoms with E-state index >= 15 is 0 Å². The zero-order valence-electron chi connectivity index (χ0n) is 11.3. The molecule has 2 heterocycles. The summed E-state index contributed by atoms with van der Waals surface area (Å²) < 4.78 is 1.85. The summed E-state index contributed by atoms with van der Waals surface area (Å²) in [6.45, 7) is 2.72. The number of likely N-dealkylation sites (N-methyl/N-ethyl adjacent to an activating group) is 1. The maximum absolute atomic E-state index is 12.2. The second kappa shape index (κ2) is 6.73. The lowest BCUT2D eigenvalue weighted by Crippen LogP contribution is -2.37. The average Bonchev–Trinajstić information content (AvgIpc) is 2.84. The molecule has 0 aromatic carbocycles. The van der Waals surface area contributed by atoms with Gasteiger partial charge in [-0.2, -0.15) is 0 Å². The SMILES string of the molecule is CCN(Cc1ccc(Cl)s1)C(=O)Cn1ccc(=O)[nH]c1=O. The molecule has 112 valence electrons. The minimum Gasteiger partial charge on any atom is -0.336 e. The molecule has 2 aromatic heterocycles. The van der Waals surface area contributed by atoms with Gasteiger partial charge in [0.15, 0.2) is 0 Å². The molecule has 0 saturated heterocycles. The molecule has 0 aliphatic heterocycles. The van der Waals surface area contributed by atoms with E-state index in [1.54, 1.807) is 11.0 Å². The van der Waals surface area contributed by atoms with Crippen LogP contribution in [0.15, 0.2) is 34.0 Å². The van der Waals surface area contributed by atoms with Crippen LogP contribution in [0.3, 0.4) is 0 Å². The van der Waals surface area contributed by atoms with Gasteiger partial charge >= 0.3 is 5.69 Å². The first-order valence-electron chi connectivity index (χ1n) is 6.31. The number of nitrogens with one attached hydrogen (secondary N) is 1. The molecule has 6 nitrogen and oxygen atoms in total. The number of halogens is 1.